The normalized spacial score (nSPS) is 13.1. The van der Waals surface area contributed by atoms with Crippen LogP contribution in [0.1, 0.15) is 58.1 Å². The molecule has 0 aromatic carbocycles. The predicted molar refractivity (Wildman–Crippen MR) is 81.2 cm³/mol. The Morgan fingerprint density at radius 3 is 2.58 bits per heavy atom. The fourth-order valence-electron chi connectivity index (χ4n) is 2.50. The third kappa shape index (κ3) is 5.79. The van der Waals surface area contributed by atoms with Gasteiger partial charge in [-0.2, -0.15) is 0 Å². The lowest BCUT2D eigenvalue weighted by Gasteiger charge is -2.20. The van der Waals surface area contributed by atoms with E-state index in [4.69, 9.17) is 5.11 Å². The van der Waals surface area contributed by atoms with Crippen molar-refractivity contribution in [2.24, 2.45) is 5.92 Å². The Balaban J connectivity index is 2.42. The number of aryl methyl sites for hydroxylation is 1. The summed E-state index contributed by atoms with van der Waals surface area (Å²) in [7, 11) is 0. The van der Waals surface area contributed by atoms with Gasteiger partial charge in [0.1, 0.15) is 0 Å². The predicted octanol–water partition coefficient (Wildman–Crippen LogP) is 3.35. The highest BCUT2D eigenvalue weighted by atomic mass is 16.2. The minimum Gasteiger partial charge on any atom is -0.396 e. The van der Waals surface area contributed by atoms with Crippen LogP contribution in [0.3, 0.4) is 0 Å². The maximum absolute atomic E-state index is 8.74. The van der Waals surface area contributed by atoms with Crippen molar-refractivity contribution in [2.45, 2.75) is 59.0 Å². The maximum atomic E-state index is 8.74. The molecule has 1 aromatic rings. The molecule has 1 unspecified atom stereocenters. The second-order valence-electron chi connectivity index (χ2n) is 5.60. The molecule has 0 aliphatic heterocycles. The first kappa shape index (κ1) is 16.3. The van der Waals surface area contributed by atoms with E-state index in [-0.39, 0.29) is 0 Å². The summed E-state index contributed by atoms with van der Waals surface area (Å²) in [4.78, 5) is 0. The number of hydrogen-bond acceptors (Lipinski definition) is 2. The van der Waals surface area contributed by atoms with Crippen molar-refractivity contribution in [1.82, 2.24) is 9.88 Å². The Bertz CT molecular complexity index is 333. The van der Waals surface area contributed by atoms with E-state index < -0.39 is 0 Å². The fourth-order valence-corrected chi connectivity index (χ4v) is 2.50. The number of unbranched alkanes of at least 4 members (excludes halogenated alkanes) is 3. The van der Waals surface area contributed by atoms with Gasteiger partial charge in [-0.15, -0.1) is 0 Å². The molecule has 0 radical (unpaired) electrons. The molecule has 1 rings (SSSR count). The minimum absolute atomic E-state index is 0.326. The molecular weight excluding hydrogens is 236 g/mol. The van der Waals surface area contributed by atoms with E-state index in [0.717, 1.165) is 25.9 Å². The van der Waals surface area contributed by atoms with E-state index >= 15 is 0 Å². The summed E-state index contributed by atoms with van der Waals surface area (Å²) in [6.45, 7) is 9.11. The van der Waals surface area contributed by atoms with Gasteiger partial charge in [-0.25, -0.2) is 0 Å². The lowest BCUT2D eigenvalue weighted by Crippen LogP contribution is -2.25. The van der Waals surface area contributed by atoms with E-state index in [2.05, 4.69) is 49.1 Å². The standard InChI is InChI=1S/C16H30N2O/c1-4-17-16(14(2)3)15-9-11-18(13-15)10-7-5-6-8-12-19/h9,11,13-14,16-17,19H,4-8,10,12H2,1-3H3. The van der Waals surface area contributed by atoms with Crippen LogP contribution in [-0.2, 0) is 6.54 Å². The summed E-state index contributed by atoms with van der Waals surface area (Å²) >= 11 is 0. The van der Waals surface area contributed by atoms with E-state index in [0.29, 0.717) is 18.6 Å². The topological polar surface area (TPSA) is 37.2 Å². The van der Waals surface area contributed by atoms with Crippen LogP contribution in [0.5, 0.6) is 0 Å². The van der Waals surface area contributed by atoms with Crippen LogP contribution >= 0.6 is 0 Å². The summed E-state index contributed by atoms with van der Waals surface area (Å²) in [6.07, 6.45) is 8.94. The van der Waals surface area contributed by atoms with Crippen LogP contribution in [0.2, 0.25) is 0 Å². The Hall–Kier alpha value is -0.800. The Morgan fingerprint density at radius 1 is 1.21 bits per heavy atom. The van der Waals surface area contributed by atoms with Crippen molar-refractivity contribution in [3.63, 3.8) is 0 Å². The van der Waals surface area contributed by atoms with Gasteiger partial charge in [0.05, 0.1) is 0 Å². The number of rotatable bonds is 10. The summed E-state index contributed by atoms with van der Waals surface area (Å²) in [5, 5.41) is 12.3. The first-order valence-corrected chi connectivity index (χ1v) is 7.69. The molecule has 1 aromatic heterocycles. The molecule has 0 bridgehead atoms. The molecule has 0 amide bonds. The summed E-state index contributed by atoms with van der Waals surface area (Å²) in [5.74, 6) is 0.611. The molecule has 2 N–H and O–H groups in total. The van der Waals surface area contributed by atoms with Crippen LogP contribution in [0.25, 0.3) is 0 Å². The average Bonchev–Trinajstić information content (AvgIpc) is 2.83. The maximum Gasteiger partial charge on any atom is 0.0431 e. The quantitative estimate of drug-likeness (QED) is 0.637. The van der Waals surface area contributed by atoms with Crippen molar-refractivity contribution in [3.05, 3.63) is 24.0 Å². The van der Waals surface area contributed by atoms with Crippen molar-refractivity contribution >= 4 is 0 Å². The molecule has 3 nitrogen and oxygen atoms in total. The average molecular weight is 266 g/mol. The molecule has 19 heavy (non-hydrogen) atoms. The highest BCUT2D eigenvalue weighted by molar-refractivity contribution is 5.16. The third-order valence-electron chi connectivity index (χ3n) is 3.55. The first-order valence-electron chi connectivity index (χ1n) is 7.69. The largest absolute Gasteiger partial charge is 0.396 e. The number of aliphatic hydroxyl groups is 1. The number of hydrogen-bond donors (Lipinski definition) is 2. The number of aromatic nitrogens is 1. The molecule has 0 saturated heterocycles. The van der Waals surface area contributed by atoms with E-state index in [1.165, 1.54) is 18.4 Å². The van der Waals surface area contributed by atoms with Crippen molar-refractivity contribution in [2.75, 3.05) is 13.2 Å². The Kier molecular flexibility index (Phi) is 7.84. The van der Waals surface area contributed by atoms with Gasteiger partial charge < -0.3 is 15.0 Å². The van der Waals surface area contributed by atoms with Crippen molar-refractivity contribution in [3.8, 4) is 0 Å². The van der Waals surface area contributed by atoms with Gasteiger partial charge in [-0.3, -0.25) is 0 Å². The van der Waals surface area contributed by atoms with E-state index in [1.54, 1.807) is 0 Å². The number of nitrogens with one attached hydrogen (secondary N) is 1. The second kappa shape index (κ2) is 9.16. The van der Waals surface area contributed by atoms with Gasteiger partial charge in [0.2, 0.25) is 0 Å². The third-order valence-corrected chi connectivity index (χ3v) is 3.55. The van der Waals surface area contributed by atoms with E-state index in [9.17, 15) is 0 Å². The van der Waals surface area contributed by atoms with Gasteiger partial charge in [0, 0.05) is 31.6 Å². The SMILES string of the molecule is CCNC(c1ccn(CCCCCCO)c1)C(C)C. The summed E-state index contributed by atoms with van der Waals surface area (Å²) in [6, 6.07) is 2.70. The molecule has 0 aliphatic rings. The molecule has 1 heterocycles. The molecule has 110 valence electrons. The first-order chi connectivity index (χ1) is 9.19. The zero-order valence-corrected chi connectivity index (χ0v) is 12.7. The molecule has 0 saturated carbocycles. The highest BCUT2D eigenvalue weighted by Crippen LogP contribution is 2.22. The van der Waals surface area contributed by atoms with Crippen molar-refractivity contribution in [1.29, 1.82) is 0 Å². The van der Waals surface area contributed by atoms with Crippen LogP contribution < -0.4 is 5.32 Å². The Morgan fingerprint density at radius 2 is 1.95 bits per heavy atom. The molecule has 0 aliphatic carbocycles. The Labute approximate surface area is 118 Å². The lowest BCUT2D eigenvalue weighted by atomic mass is 9.98. The monoisotopic (exact) mass is 266 g/mol. The lowest BCUT2D eigenvalue weighted by molar-refractivity contribution is 0.282. The van der Waals surface area contributed by atoms with Crippen LogP contribution in [0, 0.1) is 5.92 Å². The molecule has 0 spiro atoms. The van der Waals surface area contributed by atoms with Crippen LogP contribution in [0.15, 0.2) is 18.5 Å². The smallest absolute Gasteiger partial charge is 0.0431 e. The fraction of sp³-hybridized carbons (Fsp3) is 0.750. The van der Waals surface area contributed by atoms with Gasteiger partial charge in [-0.1, -0.05) is 33.6 Å². The van der Waals surface area contributed by atoms with Crippen LogP contribution in [-0.4, -0.2) is 22.8 Å². The minimum atomic E-state index is 0.326. The van der Waals surface area contributed by atoms with Gasteiger partial charge in [0.15, 0.2) is 0 Å². The van der Waals surface area contributed by atoms with Gasteiger partial charge in [0.25, 0.3) is 0 Å². The molecule has 0 fully saturated rings. The van der Waals surface area contributed by atoms with Crippen LogP contribution in [0.4, 0.5) is 0 Å². The zero-order valence-electron chi connectivity index (χ0n) is 12.7. The highest BCUT2D eigenvalue weighted by Gasteiger charge is 2.15. The molecule has 1 atom stereocenters. The number of aliphatic hydroxyl groups excluding tert-OH is 1. The number of nitrogens with zero attached hydrogens (tertiary/aromatic N) is 1. The molecular formula is C16H30N2O. The zero-order chi connectivity index (χ0) is 14.1. The van der Waals surface area contributed by atoms with Gasteiger partial charge in [-0.05, 0) is 36.9 Å². The summed E-state index contributed by atoms with van der Waals surface area (Å²) in [5.41, 5.74) is 1.40. The van der Waals surface area contributed by atoms with E-state index in [1.807, 2.05) is 0 Å². The summed E-state index contributed by atoms with van der Waals surface area (Å²) < 4.78 is 2.29. The second-order valence-corrected chi connectivity index (χ2v) is 5.60. The van der Waals surface area contributed by atoms with Gasteiger partial charge >= 0.3 is 0 Å². The van der Waals surface area contributed by atoms with Crippen molar-refractivity contribution < 1.29 is 5.11 Å². The molecule has 3 heteroatoms.